The number of aromatic nitrogens is 2. The molecule has 4 aromatic rings. The average molecular weight is 478 g/mol. The van der Waals surface area contributed by atoms with Gasteiger partial charge in [0.25, 0.3) is 0 Å². The van der Waals surface area contributed by atoms with Crippen LogP contribution in [-0.4, -0.2) is 58.0 Å². The van der Waals surface area contributed by atoms with Crippen LogP contribution in [0.25, 0.3) is 28.4 Å². The second-order valence-corrected chi connectivity index (χ2v) is 8.67. The number of para-hydroxylation sites is 1. The first-order chi connectivity index (χ1) is 17.5. The lowest BCUT2D eigenvalue weighted by atomic mass is 10.1. The quantitative estimate of drug-likeness (QED) is 0.302. The van der Waals surface area contributed by atoms with E-state index in [4.69, 9.17) is 15.0 Å². The number of rotatable bonds is 5. The number of aliphatic imine (C=N–C) groups is 1. The third-order valence-corrected chi connectivity index (χ3v) is 6.42. The van der Waals surface area contributed by atoms with Crippen molar-refractivity contribution in [3.05, 3.63) is 90.5 Å². The van der Waals surface area contributed by atoms with Crippen molar-refractivity contribution < 1.29 is 9.90 Å². The second kappa shape index (κ2) is 10.00. The molecule has 1 aliphatic rings. The van der Waals surface area contributed by atoms with E-state index in [9.17, 15) is 9.90 Å². The van der Waals surface area contributed by atoms with Crippen molar-refractivity contribution in [1.29, 1.82) is 0 Å². The van der Waals surface area contributed by atoms with Crippen molar-refractivity contribution >= 4 is 40.4 Å². The van der Waals surface area contributed by atoms with Crippen LogP contribution in [0.1, 0.15) is 22.8 Å². The molecule has 0 unspecified atom stereocenters. The highest BCUT2D eigenvalue weighted by Crippen LogP contribution is 2.31. The fourth-order valence-electron chi connectivity index (χ4n) is 4.44. The molecule has 7 heteroatoms. The van der Waals surface area contributed by atoms with Gasteiger partial charge in [0.15, 0.2) is 5.82 Å². The molecule has 1 aromatic heterocycles. The van der Waals surface area contributed by atoms with Gasteiger partial charge in [-0.2, -0.15) is 0 Å². The number of hydrogen-bond donors (Lipinski definition) is 1. The zero-order chi connectivity index (χ0) is 25.1. The van der Waals surface area contributed by atoms with Crippen LogP contribution in [0.2, 0.25) is 0 Å². The van der Waals surface area contributed by atoms with E-state index in [-0.39, 0.29) is 5.56 Å². The molecule has 1 aliphatic heterocycles. The molecule has 0 atom stereocenters. The summed E-state index contributed by atoms with van der Waals surface area (Å²) in [4.78, 5) is 30.7. The van der Waals surface area contributed by atoms with Crippen LogP contribution in [0.5, 0.6) is 0 Å². The van der Waals surface area contributed by atoms with E-state index in [0.29, 0.717) is 11.0 Å². The van der Waals surface area contributed by atoms with Crippen LogP contribution < -0.4 is 4.90 Å². The molecule has 1 saturated heterocycles. The summed E-state index contributed by atoms with van der Waals surface area (Å²) in [5.41, 5.74) is 5.14. The SMILES string of the molecule is C=Cc1ccccc1/N=C(\C)N1CCN(c2nc3cc(C(=O)O)ccc3nc2-c2ccccc2)CC1. The van der Waals surface area contributed by atoms with Crippen molar-refractivity contribution in [2.24, 2.45) is 4.99 Å². The molecule has 0 radical (unpaired) electrons. The van der Waals surface area contributed by atoms with Crippen molar-refractivity contribution in [3.8, 4) is 11.3 Å². The molecular formula is C29H27N5O2. The number of carbonyl (C=O) groups is 1. The van der Waals surface area contributed by atoms with Gasteiger partial charge in [-0.25, -0.2) is 19.8 Å². The van der Waals surface area contributed by atoms with E-state index < -0.39 is 5.97 Å². The molecule has 0 saturated carbocycles. The number of benzene rings is 3. The highest BCUT2D eigenvalue weighted by Gasteiger charge is 2.23. The third-order valence-electron chi connectivity index (χ3n) is 6.42. The van der Waals surface area contributed by atoms with Gasteiger partial charge >= 0.3 is 5.97 Å². The number of anilines is 1. The first-order valence-corrected chi connectivity index (χ1v) is 11.9. The van der Waals surface area contributed by atoms with E-state index in [1.165, 1.54) is 0 Å². The van der Waals surface area contributed by atoms with Gasteiger partial charge < -0.3 is 14.9 Å². The smallest absolute Gasteiger partial charge is 0.335 e. The number of aromatic carboxylic acids is 1. The second-order valence-electron chi connectivity index (χ2n) is 8.67. The lowest BCUT2D eigenvalue weighted by Crippen LogP contribution is -2.48. The summed E-state index contributed by atoms with van der Waals surface area (Å²) in [6, 6.07) is 22.8. The van der Waals surface area contributed by atoms with Crippen LogP contribution in [0, 0.1) is 0 Å². The van der Waals surface area contributed by atoms with Gasteiger partial charge in [0.1, 0.15) is 11.5 Å². The number of carboxylic acid groups (broad SMARTS) is 1. The lowest BCUT2D eigenvalue weighted by molar-refractivity contribution is 0.0697. The van der Waals surface area contributed by atoms with E-state index in [0.717, 1.165) is 60.3 Å². The highest BCUT2D eigenvalue weighted by atomic mass is 16.4. The number of fused-ring (bicyclic) bond motifs is 1. The lowest BCUT2D eigenvalue weighted by Gasteiger charge is -2.37. The zero-order valence-electron chi connectivity index (χ0n) is 20.1. The van der Waals surface area contributed by atoms with E-state index >= 15 is 0 Å². The predicted octanol–water partition coefficient (Wildman–Crippen LogP) is 5.51. The van der Waals surface area contributed by atoms with Gasteiger partial charge in [-0.1, -0.05) is 61.2 Å². The molecule has 1 fully saturated rings. The Morgan fingerprint density at radius 3 is 2.39 bits per heavy atom. The Kier molecular flexibility index (Phi) is 6.45. The number of nitrogens with zero attached hydrogens (tertiary/aromatic N) is 5. The molecule has 7 nitrogen and oxygen atoms in total. The van der Waals surface area contributed by atoms with Crippen LogP contribution >= 0.6 is 0 Å². The molecule has 0 amide bonds. The van der Waals surface area contributed by atoms with Gasteiger partial charge in [0, 0.05) is 31.7 Å². The summed E-state index contributed by atoms with van der Waals surface area (Å²) in [6.07, 6.45) is 1.82. The predicted molar refractivity (Wildman–Crippen MR) is 145 cm³/mol. The molecule has 3 aromatic carbocycles. The van der Waals surface area contributed by atoms with Crippen LogP contribution in [0.15, 0.2) is 84.4 Å². The van der Waals surface area contributed by atoms with Gasteiger partial charge in [0.05, 0.1) is 22.3 Å². The molecule has 5 rings (SSSR count). The van der Waals surface area contributed by atoms with Gasteiger partial charge in [-0.05, 0) is 36.8 Å². The largest absolute Gasteiger partial charge is 0.478 e. The first kappa shape index (κ1) is 23.2. The standard InChI is InChI=1S/C29H27N5O2/c1-3-21-9-7-8-12-24(21)30-20(2)33-15-17-34(18-16-33)28-27(22-10-5-4-6-11-22)31-25-14-13-23(29(35)36)19-26(25)32-28/h3-14,19H,1,15-18H2,2H3,(H,35,36)/b30-20+. The van der Waals surface area contributed by atoms with E-state index in [2.05, 4.69) is 16.4 Å². The summed E-state index contributed by atoms with van der Waals surface area (Å²) in [5.74, 6) is 0.749. The Balaban J connectivity index is 1.45. The maximum absolute atomic E-state index is 11.5. The minimum Gasteiger partial charge on any atom is -0.478 e. The molecule has 0 spiro atoms. The molecular weight excluding hydrogens is 450 g/mol. The Labute approximate surface area is 210 Å². The van der Waals surface area contributed by atoms with Crippen molar-refractivity contribution in [3.63, 3.8) is 0 Å². The molecule has 36 heavy (non-hydrogen) atoms. The molecule has 0 bridgehead atoms. The molecule has 180 valence electrons. The third kappa shape index (κ3) is 4.68. The first-order valence-electron chi connectivity index (χ1n) is 11.9. The Hall–Kier alpha value is -4.52. The minimum absolute atomic E-state index is 0.201. The monoisotopic (exact) mass is 477 g/mol. The van der Waals surface area contributed by atoms with Crippen molar-refractivity contribution in [2.75, 3.05) is 31.1 Å². The summed E-state index contributed by atoms with van der Waals surface area (Å²) in [5, 5.41) is 9.43. The Bertz CT molecular complexity index is 1460. The number of hydrogen-bond acceptors (Lipinski definition) is 5. The summed E-state index contributed by atoms with van der Waals surface area (Å²) < 4.78 is 0. The number of amidine groups is 1. The summed E-state index contributed by atoms with van der Waals surface area (Å²) >= 11 is 0. The Morgan fingerprint density at radius 2 is 1.67 bits per heavy atom. The number of piperazine rings is 1. The van der Waals surface area contributed by atoms with Gasteiger partial charge in [-0.15, -0.1) is 0 Å². The molecule has 1 N–H and O–H groups in total. The maximum Gasteiger partial charge on any atom is 0.335 e. The van der Waals surface area contributed by atoms with Crippen LogP contribution in [0.3, 0.4) is 0 Å². The fourth-order valence-corrected chi connectivity index (χ4v) is 4.44. The normalized spacial score (nSPS) is 14.2. The number of carboxylic acids is 1. The average Bonchev–Trinajstić information content (AvgIpc) is 2.92. The molecule has 2 heterocycles. The maximum atomic E-state index is 11.5. The fraction of sp³-hybridized carbons (Fsp3) is 0.172. The van der Waals surface area contributed by atoms with Gasteiger partial charge in [-0.3, -0.25) is 0 Å². The minimum atomic E-state index is -0.978. The van der Waals surface area contributed by atoms with Gasteiger partial charge in [0.2, 0.25) is 0 Å². The molecule has 0 aliphatic carbocycles. The highest BCUT2D eigenvalue weighted by molar-refractivity contribution is 5.93. The topological polar surface area (TPSA) is 81.9 Å². The zero-order valence-corrected chi connectivity index (χ0v) is 20.1. The van der Waals surface area contributed by atoms with Crippen molar-refractivity contribution in [2.45, 2.75) is 6.92 Å². The summed E-state index contributed by atoms with van der Waals surface area (Å²) in [7, 11) is 0. The van der Waals surface area contributed by atoms with Crippen LogP contribution in [-0.2, 0) is 0 Å². The van der Waals surface area contributed by atoms with E-state index in [1.807, 2.05) is 67.6 Å². The summed E-state index contributed by atoms with van der Waals surface area (Å²) in [6.45, 7) is 8.99. The Morgan fingerprint density at radius 1 is 0.944 bits per heavy atom. The van der Waals surface area contributed by atoms with E-state index in [1.54, 1.807) is 18.2 Å². The van der Waals surface area contributed by atoms with Crippen LogP contribution in [0.4, 0.5) is 11.5 Å². The van der Waals surface area contributed by atoms with Crippen molar-refractivity contribution in [1.82, 2.24) is 14.9 Å².